The van der Waals surface area contributed by atoms with E-state index in [9.17, 15) is 14.4 Å². The van der Waals surface area contributed by atoms with Gasteiger partial charge in [0.2, 0.25) is 17.7 Å². The summed E-state index contributed by atoms with van der Waals surface area (Å²) in [6, 6.07) is 5.47. The van der Waals surface area contributed by atoms with E-state index < -0.39 is 5.92 Å². The molecule has 0 bridgehead atoms. The number of rotatable bonds is 5. The maximum Gasteiger partial charge on any atom is 0.238 e. The summed E-state index contributed by atoms with van der Waals surface area (Å²) >= 11 is 0. The largest absolute Gasteiger partial charge is 0.337 e. The van der Waals surface area contributed by atoms with Gasteiger partial charge in [-0.2, -0.15) is 0 Å². The Labute approximate surface area is 161 Å². The predicted molar refractivity (Wildman–Crippen MR) is 107 cm³/mol. The highest BCUT2D eigenvalue weighted by Crippen LogP contribution is 2.28. The minimum atomic E-state index is -0.400. The van der Waals surface area contributed by atoms with Crippen molar-refractivity contribution in [1.82, 2.24) is 9.80 Å². The molecule has 7 heteroatoms. The van der Waals surface area contributed by atoms with Gasteiger partial charge >= 0.3 is 0 Å². The molecule has 1 aliphatic rings. The Bertz CT molecular complexity index is 737. The maximum atomic E-state index is 12.7. The van der Waals surface area contributed by atoms with Gasteiger partial charge in [-0.25, -0.2) is 0 Å². The first kappa shape index (κ1) is 20.9. The van der Waals surface area contributed by atoms with E-state index in [0.717, 1.165) is 5.56 Å². The average Bonchev–Trinajstić information content (AvgIpc) is 2.91. The smallest absolute Gasteiger partial charge is 0.238 e. The third-order valence-corrected chi connectivity index (χ3v) is 4.47. The summed E-state index contributed by atoms with van der Waals surface area (Å²) in [5, 5.41) is 5.73. The second-order valence-corrected chi connectivity index (χ2v) is 8.40. The van der Waals surface area contributed by atoms with E-state index in [-0.39, 0.29) is 36.2 Å². The van der Waals surface area contributed by atoms with Gasteiger partial charge in [0.25, 0.3) is 0 Å². The molecule has 0 radical (unpaired) electrons. The van der Waals surface area contributed by atoms with E-state index in [1.165, 1.54) is 0 Å². The number of carbonyl (C=O) groups excluding carboxylic acids is 3. The van der Waals surface area contributed by atoms with Crippen LogP contribution in [0.5, 0.6) is 0 Å². The Hall–Kier alpha value is -2.41. The molecule has 7 nitrogen and oxygen atoms in total. The zero-order chi connectivity index (χ0) is 20.4. The first-order chi connectivity index (χ1) is 12.5. The molecule has 1 aromatic rings. The molecule has 0 aromatic heterocycles. The van der Waals surface area contributed by atoms with Crippen LogP contribution in [0.4, 0.5) is 11.4 Å². The minimum Gasteiger partial charge on any atom is -0.337 e. The van der Waals surface area contributed by atoms with Crippen molar-refractivity contribution in [3.8, 4) is 0 Å². The molecule has 1 aliphatic heterocycles. The van der Waals surface area contributed by atoms with Gasteiger partial charge in [-0.3, -0.25) is 14.4 Å². The molecule has 1 atom stereocenters. The highest BCUT2D eigenvalue weighted by Gasteiger charge is 2.39. The lowest BCUT2D eigenvalue weighted by Crippen LogP contribution is -2.42. The van der Waals surface area contributed by atoms with Crippen LogP contribution in [0.2, 0.25) is 0 Å². The zero-order valence-corrected chi connectivity index (χ0v) is 17.0. The van der Waals surface area contributed by atoms with Gasteiger partial charge in [-0.1, -0.05) is 6.07 Å². The summed E-state index contributed by atoms with van der Waals surface area (Å²) in [7, 11) is 3.63. The van der Waals surface area contributed by atoms with Crippen LogP contribution >= 0.6 is 0 Å². The van der Waals surface area contributed by atoms with Crippen molar-refractivity contribution in [3.63, 3.8) is 0 Å². The number of nitrogens with one attached hydrogen (secondary N) is 2. The molecule has 2 rings (SSSR count). The fraction of sp³-hybridized carbons (Fsp3) is 0.550. The maximum absolute atomic E-state index is 12.7. The van der Waals surface area contributed by atoms with Gasteiger partial charge in [0.1, 0.15) is 0 Å². The number of anilines is 2. The Kier molecular flexibility index (Phi) is 6.26. The number of amides is 3. The second-order valence-electron chi connectivity index (χ2n) is 8.40. The van der Waals surface area contributed by atoms with Crippen molar-refractivity contribution >= 4 is 29.1 Å². The average molecular weight is 374 g/mol. The summed E-state index contributed by atoms with van der Waals surface area (Å²) in [4.78, 5) is 40.6. The Morgan fingerprint density at radius 3 is 2.41 bits per heavy atom. The van der Waals surface area contributed by atoms with Crippen molar-refractivity contribution in [2.24, 2.45) is 5.92 Å². The molecule has 1 unspecified atom stereocenters. The molecule has 0 spiro atoms. The summed E-state index contributed by atoms with van der Waals surface area (Å²) in [5.41, 5.74) is 1.77. The number of carbonyl (C=O) groups is 3. The standard InChI is InChI=1S/C20H30N4O3/c1-13-7-8-15(21-17(25)12-23(5)6)16(9-13)22-19(27)14-10-18(26)24(11-14)20(2,3)4/h7-9,14H,10-12H2,1-6H3,(H,21,25)(H,22,27). The van der Waals surface area contributed by atoms with Gasteiger partial charge in [-0.05, 0) is 59.5 Å². The van der Waals surface area contributed by atoms with Crippen molar-refractivity contribution in [2.45, 2.75) is 39.7 Å². The molecule has 1 aromatic carbocycles. The number of aryl methyl sites for hydroxylation is 1. The SMILES string of the molecule is Cc1ccc(NC(=O)CN(C)C)c(NC(=O)C2CC(=O)N(C(C)(C)C)C2)c1. The van der Waals surface area contributed by atoms with Crippen LogP contribution in [0.3, 0.4) is 0 Å². The fourth-order valence-electron chi connectivity index (χ4n) is 3.11. The molecule has 148 valence electrons. The Morgan fingerprint density at radius 2 is 1.85 bits per heavy atom. The van der Waals surface area contributed by atoms with Crippen LogP contribution in [0, 0.1) is 12.8 Å². The lowest BCUT2D eigenvalue weighted by molar-refractivity contribution is -0.131. The number of benzene rings is 1. The van der Waals surface area contributed by atoms with Crippen LogP contribution in [0.1, 0.15) is 32.8 Å². The van der Waals surface area contributed by atoms with Crippen LogP contribution in [0.25, 0.3) is 0 Å². The molecule has 1 saturated heterocycles. The summed E-state index contributed by atoms with van der Waals surface area (Å²) < 4.78 is 0. The highest BCUT2D eigenvalue weighted by molar-refractivity contribution is 6.02. The molecule has 1 fully saturated rings. The normalized spacial score (nSPS) is 17.4. The first-order valence-electron chi connectivity index (χ1n) is 9.14. The van der Waals surface area contributed by atoms with Gasteiger partial charge in [-0.15, -0.1) is 0 Å². The number of nitrogens with zero attached hydrogens (tertiary/aromatic N) is 2. The van der Waals surface area contributed by atoms with Crippen molar-refractivity contribution in [2.75, 3.05) is 37.8 Å². The van der Waals surface area contributed by atoms with E-state index >= 15 is 0 Å². The molecule has 2 N–H and O–H groups in total. The number of likely N-dealkylation sites (N-methyl/N-ethyl adjacent to an activating group) is 1. The molecule has 1 heterocycles. The van der Waals surface area contributed by atoms with Crippen molar-refractivity contribution in [1.29, 1.82) is 0 Å². The zero-order valence-electron chi connectivity index (χ0n) is 17.0. The number of hydrogen-bond donors (Lipinski definition) is 2. The van der Waals surface area contributed by atoms with E-state index in [2.05, 4.69) is 10.6 Å². The van der Waals surface area contributed by atoms with Gasteiger partial charge in [0.05, 0.1) is 23.8 Å². The monoisotopic (exact) mass is 374 g/mol. The second kappa shape index (κ2) is 8.08. The molecule has 27 heavy (non-hydrogen) atoms. The molecule has 0 aliphatic carbocycles. The van der Waals surface area contributed by atoms with Crippen LogP contribution in [-0.4, -0.2) is 60.2 Å². The summed E-state index contributed by atoms with van der Waals surface area (Å²) in [5.74, 6) is -0.771. The Balaban J connectivity index is 2.12. The van der Waals surface area contributed by atoms with Crippen LogP contribution in [-0.2, 0) is 14.4 Å². The number of hydrogen-bond acceptors (Lipinski definition) is 4. The fourth-order valence-corrected chi connectivity index (χ4v) is 3.11. The van der Waals surface area contributed by atoms with Gasteiger partial charge in [0, 0.05) is 18.5 Å². The van der Waals surface area contributed by atoms with Crippen molar-refractivity contribution in [3.05, 3.63) is 23.8 Å². The lowest BCUT2D eigenvalue weighted by Gasteiger charge is -2.32. The van der Waals surface area contributed by atoms with Gasteiger partial charge < -0.3 is 20.4 Å². The number of likely N-dealkylation sites (tertiary alicyclic amines) is 1. The highest BCUT2D eigenvalue weighted by atomic mass is 16.2. The Morgan fingerprint density at radius 1 is 1.19 bits per heavy atom. The summed E-state index contributed by atoms with van der Waals surface area (Å²) in [6.45, 7) is 8.46. The molecular formula is C20H30N4O3. The van der Waals surface area contributed by atoms with Gasteiger partial charge in [0.15, 0.2) is 0 Å². The lowest BCUT2D eigenvalue weighted by atomic mass is 10.1. The third-order valence-electron chi connectivity index (χ3n) is 4.47. The van der Waals surface area contributed by atoms with Crippen LogP contribution < -0.4 is 10.6 Å². The van der Waals surface area contributed by atoms with E-state index in [0.29, 0.717) is 17.9 Å². The van der Waals surface area contributed by atoms with E-state index in [4.69, 9.17) is 0 Å². The van der Waals surface area contributed by atoms with E-state index in [1.807, 2.05) is 53.9 Å². The predicted octanol–water partition coefficient (Wildman–Crippen LogP) is 2.08. The minimum absolute atomic E-state index is 0.00796. The summed E-state index contributed by atoms with van der Waals surface area (Å²) in [6.07, 6.45) is 0.206. The van der Waals surface area contributed by atoms with Crippen LogP contribution in [0.15, 0.2) is 18.2 Å². The third kappa shape index (κ3) is 5.53. The molecule has 3 amide bonds. The molecule has 0 saturated carbocycles. The molecular weight excluding hydrogens is 344 g/mol. The van der Waals surface area contributed by atoms with E-state index in [1.54, 1.807) is 15.9 Å². The topological polar surface area (TPSA) is 81.8 Å². The first-order valence-corrected chi connectivity index (χ1v) is 9.14. The van der Waals surface area contributed by atoms with Crippen molar-refractivity contribution < 1.29 is 14.4 Å². The quantitative estimate of drug-likeness (QED) is 0.827.